The van der Waals surface area contributed by atoms with E-state index in [4.69, 9.17) is 13.8 Å². The van der Waals surface area contributed by atoms with Crippen molar-refractivity contribution in [1.29, 1.82) is 0 Å². The molecular formula is C21H27NO5S2. The monoisotopic (exact) mass is 437 g/mol. The lowest BCUT2D eigenvalue weighted by Crippen LogP contribution is -2.23. The van der Waals surface area contributed by atoms with Crippen LogP contribution in [0.1, 0.15) is 25.3 Å². The fourth-order valence-corrected chi connectivity index (χ4v) is 4.86. The van der Waals surface area contributed by atoms with Crippen LogP contribution in [0, 0.1) is 12.3 Å². The summed E-state index contributed by atoms with van der Waals surface area (Å²) in [7, 11) is -1.57. The van der Waals surface area contributed by atoms with Crippen LogP contribution >= 0.6 is 12.0 Å². The first-order valence-corrected chi connectivity index (χ1v) is 12.0. The van der Waals surface area contributed by atoms with E-state index in [-0.39, 0.29) is 16.1 Å². The first-order valence-electron chi connectivity index (χ1n) is 9.57. The van der Waals surface area contributed by atoms with Crippen molar-refractivity contribution in [2.45, 2.75) is 36.5 Å². The Balaban J connectivity index is 1.67. The first kappa shape index (κ1) is 22.0. The molecule has 6 nitrogen and oxygen atoms in total. The van der Waals surface area contributed by atoms with Crippen molar-refractivity contribution in [2.24, 2.45) is 5.41 Å². The molecular weight excluding hydrogens is 410 g/mol. The molecule has 0 aliphatic heterocycles. The standard InChI is InChI=1S/C21H27NO5S2/c1-4-29(23,24)20-8-6-5-7-19(20)28-27-18-12-16(2)11-17(13-18)25-14-21(9-10-21)15-26-22-3/h5-8,11-13,22H,4,9-10,14-15H2,1-3H3. The second-order valence-electron chi connectivity index (χ2n) is 7.28. The number of aryl methyl sites for hydroxylation is 1. The van der Waals surface area contributed by atoms with Gasteiger partial charge in [-0.25, -0.2) is 13.9 Å². The molecule has 1 aliphatic rings. The molecule has 1 fully saturated rings. The SMILES string of the molecule is CCS(=O)(=O)c1ccccc1SOc1cc(C)cc(OCC2(CONC)CC2)c1. The Bertz CT molecular complexity index is 942. The highest BCUT2D eigenvalue weighted by Crippen LogP contribution is 2.46. The highest BCUT2D eigenvalue weighted by atomic mass is 32.2. The van der Waals surface area contributed by atoms with Crippen molar-refractivity contribution in [2.75, 3.05) is 26.0 Å². The van der Waals surface area contributed by atoms with E-state index >= 15 is 0 Å². The van der Waals surface area contributed by atoms with E-state index in [0.29, 0.717) is 23.9 Å². The van der Waals surface area contributed by atoms with Crippen LogP contribution in [-0.4, -0.2) is 34.4 Å². The fourth-order valence-electron chi connectivity index (χ4n) is 2.84. The van der Waals surface area contributed by atoms with E-state index in [2.05, 4.69) is 5.48 Å². The summed E-state index contributed by atoms with van der Waals surface area (Å²) in [6.07, 6.45) is 2.17. The number of hydroxylamine groups is 1. The summed E-state index contributed by atoms with van der Waals surface area (Å²) in [5, 5.41) is 0. The number of ether oxygens (including phenoxy) is 1. The Morgan fingerprint density at radius 2 is 1.83 bits per heavy atom. The van der Waals surface area contributed by atoms with Crippen LogP contribution in [0.25, 0.3) is 0 Å². The Morgan fingerprint density at radius 1 is 1.10 bits per heavy atom. The summed E-state index contributed by atoms with van der Waals surface area (Å²) < 4.78 is 36.4. The molecule has 0 amide bonds. The van der Waals surface area contributed by atoms with Gasteiger partial charge in [0.25, 0.3) is 0 Å². The van der Waals surface area contributed by atoms with Gasteiger partial charge in [0.05, 0.1) is 40.8 Å². The van der Waals surface area contributed by atoms with Gasteiger partial charge in [-0.05, 0) is 49.6 Å². The molecule has 0 aromatic heterocycles. The van der Waals surface area contributed by atoms with Crippen LogP contribution in [0.3, 0.4) is 0 Å². The predicted octanol–water partition coefficient (Wildman–Crippen LogP) is 4.18. The molecule has 0 radical (unpaired) electrons. The van der Waals surface area contributed by atoms with E-state index in [1.54, 1.807) is 38.2 Å². The van der Waals surface area contributed by atoms with Gasteiger partial charge in [0.15, 0.2) is 9.84 Å². The Morgan fingerprint density at radius 3 is 2.52 bits per heavy atom. The Labute approximate surface area is 177 Å². The average molecular weight is 438 g/mol. The van der Waals surface area contributed by atoms with Gasteiger partial charge in [-0.1, -0.05) is 19.1 Å². The third-order valence-corrected chi connectivity index (χ3v) is 7.57. The number of rotatable bonds is 11. The van der Waals surface area contributed by atoms with Gasteiger partial charge in [-0.3, -0.25) is 0 Å². The zero-order chi connectivity index (χ0) is 20.9. The van der Waals surface area contributed by atoms with Crippen molar-refractivity contribution >= 4 is 21.9 Å². The highest BCUT2D eigenvalue weighted by Gasteiger charge is 2.44. The number of nitrogens with one attached hydrogen (secondary N) is 1. The molecule has 0 unspecified atom stereocenters. The summed E-state index contributed by atoms with van der Waals surface area (Å²) in [4.78, 5) is 6.18. The maximum atomic E-state index is 12.3. The molecule has 8 heteroatoms. The molecule has 2 aromatic carbocycles. The van der Waals surface area contributed by atoms with Crippen molar-refractivity contribution in [3.05, 3.63) is 48.0 Å². The third-order valence-electron chi connectivity index (χ3n) is 4.84. The molecule has 29 heavy (non-hydrogen) atoms. The number of sulfone groups is 1. The zero-order valence-corrected chi connectivity index (χ0v) is 18.6. The smallest absolute Gasteiger partial charge is 0.179 e. The molecule has 0 heterocycles. The Hall–Kier alpha value is -1.74. The molecule has 0 spiro atoms. The van der Waals surface area contributed by atoms with Crippen molar-refractivity contribution in [3.8, 4) is 11.5 Å². The molecule has 1 aliphatic carbocycles. The summed E-state index contributed by atoms with van der Waals surface area (Å²) >= 11 is 1.04. The number of hydrogen-bond donors (Lipinski definition) is 1. The number of benzene rings is 2. The van der Waals surface area contributed by atoms with Crippen molar-refractivity contribution < 1.29 is 22.2 Å². The Kier molecular flexibility index (Phi) is 7.10. The first-order chi connectivity index (χ1) is 13.9. The second kappa shape index (κ2) is 9.38. The van der Waals surface area contributed by atoms with Crippen LogP contribution < -0.4 is 14.4 Å². The van der Waals surface area contributed by atoms with E-state index in [9.17, 15) is 8.42 Å². The van der Waals surface area contributed by atoms with Gasteiger partial charge >= 0.3 is 0 Å². The minimum Gasteiger partial charge on any atom is -0.493 e. The van der Waals surface area contributed by atoms with Crippen LogP contribution in [0.2, 0.25) is 0 Å². The zero-order valence-electron chi connectivity index (χ0n) is 16.9. The largest absolute Gasteiger partial charge is 0.493 e. The van der Waals surface area contributed by atoms with E-state index in [0.717, 1.165) is 36.2 Å². The molecule has 2 aromatic rings. The minimum atomic E-state index is -3.32. The summed E-state index contributed by atoms with van der Waals surface area (Å²) in [6, 6.07) is 12.6. The van der Waals surface area contributed by atoms with Crippen molar-refractivity contribution in [1.82, 2.24) is 5.48 Å². The van der Waals surface area contributed by atoms with E-state index < -0.39 is 9.84 Å². The molecule has 158 valence electrons. The normalized spacial score (nSPS) is 15.1. The molecule has 0 saturated heterocycles. The van der Waals surface area contributed by atoms with E-state index in [1.165, 1.54) is 0 Å². The predicted molar refractivity (Wildman–Crippen MR) is 114 cm³/mol. The molecule has 1 N–H and O–H groups in total. The van der Waals surface area contributed by atoms with Gasteiger partial charge in [0, 0.05) is 18.5 Å². The van der Waals surface area contributed by atoms with Crippen LogP contribution in [-0.2, 0) is 14.7 Å². The van der Waals surface area contributed by atoms with Crippen molar-refractivity contribution in [3.63, 3.8) is 0 Å². The summed E-state index contributed by atoms with van der Waals surface area (Å²) in [6.45, 7) is 4.81. The quantitative estimate of drug-likeness (QED) is 0.417. The summed E-state index contributed by atoms with van der Waals surface area (Å²) in [5.41, 5.74) is 3.79. The van der Waals surface area contributed by atoms with Gasteiger partial charge < -0.3 is 13.8 Å². The lowest BCUT2D eigenvalue weighted by molar-refractivity contribution is 0.0109. The van der Waals surface area contributed by atoms with Gasteiger partial charge in [-0.15, -0.1) is 0 Å². The molecule has 1 saturated carbocycles. The lowest BCUT2D eigenvalue weighted by atomic mass is 10.1. The third kappa shape index (κ3) is 5.88. The second-order valence-corrected chi connectivity index (χ2v) is 10.3. The van der Waals surface area contributed by atoms with Gasteiger partial charge in [0.1, 0.15) is 11.5 Å². The van der Waals surface area contributed by atoms with Crippen LogP contribution in [0.4, 0.5) is 0 Å². The van der Waals surface area contributed by atoms with E-state index in [1.807, 2.05) is 25.1 Å². The summed E-state index contributed by atoms with van der Waals surface area (Å²) in [5.74, 6) is 1.39. The lowest BCUT2D eigenvalue weighted by Gasteiger charge is -2.17. The molecule has 0 atom stereocenters. The average Bonchev–Trinajstić information content (AvgIpc) is 3.49. The van der Waals surface area contributed by atoms with Gasteiger partial charge in [0.2, 0.25) is 0 Å². The fraction of sp³-hybridized carbons (Fsp3) is 0.429. The molecule has 3 rings (SSSR count). The highest BCUT2D eigenvalue weighted by molar-refractivity contribution is 7.96. The maximum Gasteiger partial charge on any atom is 0.179 e. The van der Waals surface area contributed by atoms with Crippen LogP contribution in [0.15, 0.2) is 52.3 Å². The number of hydrogen-bond acceptors (Lipinski definition) is 7. The maximum absolute atomic E-state index is 12.3. The molecule has 0 bridgehead atoms. The van der Waals surface area contributed by atoms with Crippen LogP contribution in [0.5, 0.6) is 11.5 Å². The minimum absolute atomic E-state index is 0.0476. The topological polar surface area (TPSA) is 73.9 Å². The van der Waals surface area contributed by atoms with Gasteiger partial charge in [-0.2, -0.15) is 0 Å².